The van der Waals surface area contributed by atoms with E-state index in [0.717, 1.165) is 39.3 Å². The molecular weight excluding hydrogens is 284 g/mol. The maximum Gasteiger partial charge on any atom is 0.170 e. The summed E-state index contributed by atoms with van der Waals surface area (Å²) in [5.41, 5.74) is 5.34. The Labute approximate surface area is 136 Å². The highest BCUT2D eigenvalue weighted by Crippen LogP contribution is 2.47. The van der Waals surface area contributed by atoms with Crippen molar-refractivity contribution in [2.45, 2.75) is 6.92 Å². The molecule has 0 saturated carbocycles. The largest absolute Gasteiger partial charge is 0.486 e. The van der Waals surface area contributed by atoms with Crippen LogP contribution in [0.4, 0.5) is 0 Å². The first-order chi connectivity index (χ1) is 11.3. The molecule has 3 aromatic carbocycles. The smallest absolute Gasteiger partial charge is 0.170 e. The third-order valence-electron chi connectivity index (χ3n) is 4.04. The van der Waals surface area contributed by atoms with Crippen LogP contribution in [0.15, 0.2) is 60.7 Å². The predicted octanol–water partition coefficient (Wildman–Crippen LogP) is 4.90. The molecule has 0 spiro atoms. The van der Waals surface area contributed by atoms with Gasteiger partial charge in [-0.1, -0.05) is 60.7 Å². The summed E-state index contributed by atoms with van der Waals surface area (Å²) in [6.45, 7) is 3.18. The SMILES string of the molecule is Cc1[c]c(-c2ccccc2)c(-c2ccccc2)c2c1OCCO2. The molecule has 1 aliphatic heterocycles. The maximum atomic E-state index is 6.01. The third-order valence-corrected chi connectivity index (χ3v) is 4.04. The van der Waals surface area contributed by atoms with Crippen molar-refractivity contribution in [2.75, 3.05) is 13.2 Å². The van der Waals surface area contributed by atoms with Crippen LogP contribution in [-0.4, -0.2) is 13.2 Å². The van der Waals surface area contributed by atoms with Crippen LogP contribution < -0.4 is 9.47 Å². The van der Waals surface area contributed by atoms with Crippen LogP contribution in [-0.2, 0) is 0 Å². The number of rotatable bonds is 2. The average Bonchev–Trinajstić information content (AvgIpc) is 2.63. The molecule has 2 heteroatoms. The second kappa shape index (κ2) is 5.81. The monoisotopic (exact) mass is 301 g/mol. The molecule has 23 heavy (non-hydrogen) atoms. The molecule has 1 aliphatic rings. The zero-order valence-electron chi connectivity index (χ0n) is 13.0. The Morgan fingerprint density at radius 2 is 1.30 bits per heavy atom. The van der Waals surface area contributed by atoms with E-state index in [4.69, 9.17) is 9.47 Å². The van der Waals surface area contributed by atoms with E-state index >= 15 is 0 Å². The fourth-order valence-electron chi connectivity index (χ4n) is 3.00. The van der Waals surface area contributed by atoms with Gasteiger partial charge in [0.1, 0.15) is 13.2 Å². The minimum absolute atomic E-state index is 0.574. The van der Waals surface area contributed by atoms with E-state index in [1.807, 2.05) is 43.3 Å². The van der Waals surface area contributed by atoms with E-state index in [1.54, 1.807) is 0 Å². The molecule has 0 bridgehead atoms. The van der Waals surface area contributed by atoms with Gasteiger partial charge in [-0.2, -0.15) is 0 Å². The van der Waals surface area contributed by atoms with Gasteiger partial charge in [0, 0.05) is 16.7 Å². The zero-order chi connectivity index (χ0) is 15.6. The van der Waals surface area contributed by atoms with E-state index in [-0.39, 0.29) is 0 Å². The number of benzene rings is 3. The molecule has 0 unspecified atom stereocenters. The summed E-state index contributed by atoms with van der Waals surface area (Å²) in [7, 11) is 0. The van der Waals surface area contributed by atoms with E-state index in [1.165, 1.54) is 0 Å². The molecule has 0 amide bonds. The summed E-state index contributed by atoms with van der Waals surface area (Å²) in [4.78, 5) is 0. The lowest BCUT2D eigenvalue weighted by atomic mass is 9.91. The van der Waals surface area contributed by atoms with E-state index in [9.17, 15) is 0 Å². The van der Waals surface area contributed by atoms with Crippen molar-refractivity contribution in [3.05, 3.63) is 72.3 Å². The number of fused-ring (bicyclic) bond motifs is 1. The Morgan fingerprint density at radius 1 is 0.739 bits per heavy atom. The second-order valence-corrected chi connectivity index (χ2v) is 5.59. The Morgan fingerprint density at radius 3 is 1.96 bits per heavy atom. The topological polar surface area (TPSA) is 18.5 Å². The molecule has 0 aliphatic carbocycles. The van der Waals surface area contributed by atoms with Crippen LogP contribution in [0.25, 0.3) is 22.3 Å². The van der Waals surface area contributed by atoms with Crippen LogP contribution in [0.2, 0.25) is 0 Å². The normalized spacial score (nSPS) is 12.9. The van der Waals surface area contributed by atoms with Gasteiger partial charge in [-0.05, 0) is 24.1 Å². The van der Waals surface area contributed by atoms with Crippen LogP contribution in [0.3, 0.4) is 0 Å². The van der Waals surface area contributed by atoms with Crippen LogP contribution in [0.5, 0.6) is 11.5 Å². The van der Waals surface area contributed by atoms with Crippen molar-refractivity contribution < 1.29 is 9.47 Å². The lowest BCUT2D eigenvalue weighted by Gasteiger charge is -2.25. The highest BCUT2D eigenvalue weighted by atomic mass is 16.6. The number of ether oxygens (including phenoxy) is 2. The van der Waals surface area contributed by atoms with Crippen LogP contribution >= 0.6 is 0 Å². The first-order valence-electron chi connectivity index (χ1n) is 7.81. The highest BCUT2D eigenvalue weighted by molar-refractivity contribution is 5.90. The van der Waals surface area contributed by atoms with Gasteiger partial charge in [-0.25, -0.2) is 0 Å². The Kier molecular flexibility index (Phi) is 3.51. The van der Waals surface area contributed by atoms with Crippen LogP contribution in [0.1, 0.15) is 5.56 Å². The van der Waals surface area contributed by atoms with Gasteiger partial charge < -0.3 is 9.47 Å². The zero-order valence-corrected chi connectivity index (χ0v) is 13.0. The van der Waals surface area contributed by atoms with Gasteiger partial charge in [-0.15, -0.1) is 0 Å². The first kappa shape index (κ1) is 13.9. The van der Waals surface area contributed by atoms with Crippen molar-refractivity contribution in [3.8, 4) is 33.8 Å². The molecule has 0 saturated heterocycles. The van der Waals surface area contributed by atoms with Crippen molar-refractivity contribution >= 4 is 0 Å². The standard InChI is InChI=1S/C21H17O2/c1-15-14-18(16-8-4-2-5-9-16)19(17-10-6-3-7-11-17)21-20(15)22-12-13-23-21/h2-11H,12-13H2,1H3. The Hall–Kier alpha value is -2.74. The maximum absolute atomic E-state index is 6.01. The second-order valence-electron chi connectivity index (χ2n) is 5.59. The Bertz CT molecular complexity index is 823. The molecule has 2 nitrogen and oxygen atoms in total. The van der Waals surface area contributed by atoms with Crippen molar-refractivity contribution in [2.24, 2.45) is 0 Å². The van der Waals surface area contributed by atoms with Crippen molar-refractivity contribution in [1.29, 1.82) is 0 Å². The highest BCUT2D eigenvalue weighted by Gasteiger charge is 2.23. The number of aryl methyl sites for hydroxylation is 1. The summed E-state index contributed by atoms with van der Waals surface area (Å²) < 4.78 is 11.9. The molecule has 3 aromatic rings. The van der Waals surface area contributed by atoms with Crippen molar-refractivity contribution in [1.82, 2.24) is 0 Å². The van der Waals surface area contributed by atoms with Gasteiger partial charge >= 0.3 is 0 Å². The Balaban J connectivity index is 2.04. The van der Waals surface area contributed by atoms with Gasteiger partial charge in [0.25, 0.3) is 0 Å². The number of hydrogen-bond acceptors (Lipinski definition) is 2. The molecule has 113 valence electrons. The lowest BCUT2D eigenvalue weighted by Crippen LogP contribution is -2.17. The minimum atomic E-state index is 0.574. The average molecular weight is 301 g/mol. The van der Waals surface area contributed by atoms with Gasteiger partial charge in [0.15, 0.2) is 11.5 Å². The molecule has 0 aromatic heterocycles. The summed E-state index contributed by atoms with van der Waals surface area (Å²) in [6.07, 6.45) is 0. The molecule has 0 N–H and O–H groups in total. The molecule has 0 atom stereocenters. The van der Waals surface area contributed by atoms with E-state index < -0.39 is 0 Å². The summed E-state index contributed by atoms with van der Waals surface area (Å²) >= 11 is 0. The van der Waals surface area contributed by atoms with E-state index in [0.29, 0.717) is 13.2 Å². The third kappa shape index (κ3) is 2.46. The van der Waals surface area contributed by atoms with Gasteiger partial charge in [0.2, 0.25) is 0 Å². The quantitative estimate of drug-likeness (QED) is 0.670. The molecule has 0 fully saturated rings. The fraction of sp³-hybridized carbons (Fsp3) is 0.143. The molecule has 1 radical (unpaired) electrons. The molecule has 4 rings (SSSR count). The van der Waals surface area contributed by atoms with Crippen molar-refractivity contribution in [3.63, 3.8) is 0 Å². The van der Waals surface area contributed by atoms with E-state index in [2.05, 4.69) is 30.3 Å². The summed E-state index contributed by atoms with van der Waals surface area (Å²) in [6, 6.07) is 24.1. The fourth-order valence-corrected chi connectivity index (χ4v) is 3.00. The predicted molar refractivity (Wildman–Crippen MR) is 91.9 cm³/mol. The summed E-state index contributed by atoms with van der Waals surface area (Å²) in [5.74, 6) is 1.65. The minimum Gasteiger partial charge on any atom is -0.486 e. The first-order valence-corrected chi connectivity index (χ1v) is 7.81. The van der Waals surface area contributed by atoms with Crippen LogP contribution in [0, 0.1) is 13.0 Å². The van der Waals surface area contributed by atoms with Gasteiger partial charge in [-0.3, -0.25) is 0 Å². The molecular formula is C21H17O2. The molecule has 1 heterocycles. The van der Waals surface area contributed by atoms with Gasteiger partial charge in [0.05, 0.1) is 0 Å². The number of hydrogen-bond donors (Lipinski definition) is 0. The lowest BCUT2D eigenvalue weighted by molar-refractivity contribution is 0.171. The summed E-state index contributed by atoms with van der Waals surface area (Å²) in [5, 5.41) is 0.